The van der Waals surface area contributed by atoms with Crippen molar-refractivity contribution in [2.75, 3.05) is 13.7 Å². The average Bonchev–Trinajstić information content (AvgIpc) is 2.82. The fourth-order valence-electron chi connectivity index (χ4n) is 3.48. The Morgan fingerprint density at radius 3 is 2.38 bits per heavy atom. The van der Waals surface area contributed by atoms with Crippen LogP contribution in [-0.4, -0.2) is 41.0 Å². The number of carbonyl (C=O) groups is 2. The Morgan fingerprint density at radius 1 is 0.971 bits per heavy atom. The summed E-state index contributed by atoms with van der Waals surface area (Å²) in [7, 11) is 1.64. The van der Waals surface area contributed by atoms with E-state index in [4.69, 9.17) is 19.7 Å². The maximum atomic E-state index is 11.0. The van der Waals surface area contributed by atoms with Crippen molar-refractivity contribution in [3.8, 4) is 11.5 Å². The van der Waals surface area contributed by atoms with Crippen LogP contribution < -0.4 is 9.47 Å². The number of aryl methyl sites for hydroxylation is 1. The third-order valence-electron chi connectivity index (χ3n) is 5.39. The van der Waals surface area contributed by atoms with Crippen LogP contribution in [0.15, 0.2) is 48.5 Å². The second kappa shape index (κ2) is 14.8. The molecule has 184 valence electrons. The van der Waals surface area contributed by atoms with Gasteiger partial charge in [-0.1, -0.05) is 30.4 Å². The van der Waals surface area contributed by atoms with Crippen molar-refractivity contribution in [2.24, 2.45) is 0 Å². The van der Waals surface area contributed by atoms with Crippen molar-refractivity contribution in [2.45, 2.75) is 57.5 Å². The molecule has 0 aromatic heterocycles. The Balaban J connectivity index is 1.84. The standard InChI is InChI=1S/C27H34O7/c1-33-23-14-10-20(11-15-23)7-4-2-3-5-18-34-25-16-12-21(19-22(25)13-17-27(31)32)24(28)8-6-9-26(29)30/h4,7,10-12,14-16,19,24,28H,2-3,5-6,8-9,13,17-18H2,1H3,(H,29,30)(H,31,32). The van der Waals surface area contributed by atoms with Gasteiger partial charge in [-0.2, -0.15) is 0 Å². The van der Waals surface area contributed by atoms with E-state index >= 15 is 0 Å². The van der Waals surface area contributed by atoms with Crippen molar-refractivity contribution < 1.29 is 34.4 Å². The van der Waals surface area contributed by atoms with Crippen LogP contribution in [0, 0.1) is 0 Å². The van der Waals surface area contributed by atoms with Crippen molar-refractivity contribution in [1.82, 2.24) is 0 Å². The summed E-state index contributed by atoms with van der Waals surface area (Å²) >= 11 is 0. The number of hydrogen-bond acceptors (Lipinski definition) is 5. The summed E-state index contributed by atoms with van der Waals surface area (Å²) < 4.78 is 11.1. The zero-order valence-electron chi connectivity index (χ0n) is 19.6. The predicted octanol–water partition coefficient (Wildman–Crippen LogP) is 5.26. The molecule has 0 saturated carbocycles. The lowest BCUT2D eigenvalue weighted by Crippen LogP contribution is -2.06. The first-order valence-electron chi connectivity index (χ1n) is 11.6. The van der Waals surface area contributed by atoms with Gasteiger partial charge in [0, 0.05) is 12.8 Å². The van der Waals surface area contributed by atoms with E-state index in [1.54, 1.807) is 25.3 Å². The Bertz CT molecular complexity index is 934. The molecule has 0 aliphatic heterocycles. The van der Waals surface area contributed by atoms with Crippen LogP contribution in [0.4, 0.5) is 0 Å². The summed E-state index contributed by atoms with van der Waals surface area (Å²) in [6, 6.07) is 13.1. The molecule has 0 saturated heterocycles. The molecule has 7 heteroatoms. The monoisotopic (exact) mass is 470 g/mol. The fraction of sp³-hybridized carbons (Fsp3) is 0.407. The summed E-state index contributed by atoms with van der Waals surface area (Å²) in [5.74, 6) is -0.342. The second-order valence-electron chi connectivity index (χ2n) is 8.08. The molecule has 0 aliphatic rings. The highest BCUT2D eigenvalue weighted by molar-refractivity contribution is 5.67. The minimum absolute atomic E-state index is 0.000584. The van der Waals surface area contributed by atoms with E-state index < -0.39 is 18.0 Å². The number of carboxylic acids is 2. The largest absolute Gasteiger partial charge is 0.497 e. The molecule has 0 heterocycles. The molecule has 1 atom stereocenters. The number of aliphatic hydroxyl groups is 1. The lowest BCUT2D eigenvalue weighted by molar-refractivity contribution is -0.138. The van der Waals surface area contributed by atoms with Gasteiger partial charge in [0.15, 0.2) is 0 Å². The van der Waals surface area contributed by atoms with Crippen molar-refractivity contribution in [3.05, 3.63) is 65.2 Å². The molecule has 0 amide bonds. The number of hydrogen-bond donors (Lipinski definition) is 3. The number of rotatable bonds is 16. The normalized spacial score (nSPS) is 11.9. The van der Waals surface area contributed by atoms with Gasteiger partial charge in [-0.3, -0.25) is 9.59 Å². The minimum atomic E-state index is -0.901. The SMILES string of the molecule is COc1ccc(C=CCCCCOc2ccc(C(O)CCCC(=O)O)cc2CCC(=O)O)cc1. The van der Waals surface area contributed by atoms with Gasteiger partial charge in [-0.25, -0.2) is 0 Å². The number of benzene rings is 2. The van der Waals surface area contributed by atoms with Crippen LogP contribution in [0.5, 0.6) is 11.5 Å². The number of aliphatic hydroxyl groups excluding tert-OH is 1. The van der Waals surface area contributed by atoms with Gasteiger partial charge in [-0.15, -0.1) is 0 Å². The zero-order valence-corrected chi connectivity index (χ0v) is 19.6. The van der Waals surface area contributed by atoms with Crippen LogP contribution in [0.1, 0.15) is 67.7 Å². The van der Waals surface area contributed by atoms with E-state index in [9.17, 15) is 14.7 Å². The van der Waals surface area contributed by atoms with Gasteiger partial charge < -0.3 is 24.8 Å². The number of aliphatic carboxylic acids is 2. The first-order chi connectivity index (χ1) is 16.4. The molecular weight excluding hydrogens is 436 g/mol. The predicted molar refractivity (Wildman–Crippen MR) is 130 cm³/mol. The van der Waals surface area contributed by atoms with E-state index in [1.807, 2.05) is 24.3 Å². The molecular formula is C27H34O7. The van der Waals surface area contributed by atoms with Crippen LogP contribution in [-0.2, 0) is 16.0 Å². The number of unbranched alkanes of at least 4 members (excludes halogenated alkanes) is 2. The Hall–Kier alpha value is -3.32. The Labute approximate surface area is 200 Å². The highest BCUT2D eigenvalue weighted by Gasteiger charge is 2.13. The molecule has 3 N–H and O–H groups in total. The van der Waals surface area contributed by atoms with Crippen molar-refractivity contribution in [1.29, 1.82) is 0 Å². The van der Waals surface area contributed by atoms with E-state index in [0.717, 1.165) is 36.1 Å². The van der Waals surface area contributed by atoms with E-state index in [2.05, 4.69) is 12.2 Å². The van der Waals surface area contributed by atoms with Crippen LogP contribution >= 0.6 is 0 Å². The average molecular weight is 471 g/mol. The second-order valence-corrected chi connectivity index (χ2v) is 8.08. The quantitative estimate of drug-likeness (QED) is 0.287. The van der Waals surface area contributed by atoms with Gasteiger partial charge >= 0.3 is 11.9 Å². The minimum Gasteiger partial charge on any atom is -0.497 e. The molecule has 1 unspecified atom stereocenters. The molecule has 2 aromatic rings. The lowest BCUT2D eigenvalue weighted by atomic mass is 9.99. The maximum absolute atomic E-state index is 11.0. The molecule has 0 aliphatic carbocycles. The molecule has 34 heavy (non-hydrogen) atoms. The first-order valence-corrected chi connectivity index (χ1v) is 11.6. The molecule has 0 fully saturated rings. The molecule has 0 radical (unpaired) electrons. The molecule has 2 rings (SSSR count). The summed E-state index contributed by atoms with van der Waals surface area (Å²) in [5, 5.41) is 28.2. The molecule has 2 aromatic carbocycles. The highest BCUT2D eigenvalue weighted by Crippen LogP contribution is 2.27. The van der Waals surface area contributed by atoms with Crippen molar-refractivity contribution >= 4 is 18.0 Å². The number of methoxy groups -OCH3 is 1. The van der Waals surface area contributed by atoms with Crippen LogP contribution in [0.25, 0.3) is 6.08 Å². The summed E-state index contributed by atoms with van der Waals surface area (Å²) in [5.41, 5.74) is 2.49. The van der Waals surface area contributed by atoms with Crippen LogP contribution in [0.3, 0.4) is 0 Å². The maximum Gasteiger partial charge on any atom is 0.303 e. The topological polar surface area (TPSA) is 113 Å². The van der Waals surface area contributed by atoms with Gasteiger partial charge in [0.25, 0.3) is 0 Å². The van der Waals surface area contributed by atoms with Gasteiger partial charge in [0.2, 0.25) is 0 Å². The number of carboxylic acid groups (broad SMARTS) is 2. The summed E-state index contributed by atoms with van der Waals surface area (Å²) in [6.07, 6.45) is 7.09. The zero-order chi connectivity index (χ0) is 24.8. The third kappa shape index (κ3) is 10.1. The van der Waals surface area contributed by atoms with E-state index in [0.29, 0.717) is 37.2 Å². The van der Waals surface area contributed by atoms with E-state index in [-0.39, 0.29) is 12.8 Å². The van der Waals surface area contributed by atoms with Gasteiger partial charge in [0.05, 0.1) is 19.8 Å². The van der Waals surface area contributed by atoms with Gasteiger partial charge in [0.1, 0.15) is 11.5 Å². The van der Waals surface area contributed by atoms with Gasteiger partial charge in [-0.05, 0) is 79.5 Å². The summed E-state index contributed by atoms with van der Waals surface area (Å²) in [6.45, 7) is 0.511. The van der Waals surface area contributed by atoms with Crippen molar-refractivity contribution in [3.63, 3.8) is 0 Å². The number of allylic oxidation sites excluding steroid dienone is 1. The Morgan fingerprint density at radius 2 is 1.71 bits per heavy atom. The summed E-state index contributed by atoms with van der Waals surface area (Å²) in [4.78, 5) is 21.7. The smallest absolute Gasteiger partial charge is 0.303 e. The third-order valence-corrected chi connectivity index (χ3v) is 5.39. The first kappa shape index (κ1) is 26.9. The molecule has 0 bridgehead atoms. The molecule has 7 nitrogen and oxygen atoms in total. The van der Waals surface area contributed by atoms with E-state index in [1.165, 1.54) is 0 Å². The number of ether oxygens (including phenoxy) is 2. The molecule has 0 spiro atoms. The lowest BCUT2D eigenvalue weighted by Gasteiger charge is -2.16. The Kier molecular flexibility index (Phi) is 11.7. The fourth-order valence-corrected chi connectivity index (χ4v) is 3.48. The van der Waals surface area contributed by atoms with Crippen LogP contribution in [0.2, 0.25) is 0 Å². The highest BCUT2D eigenvalue weighted by atomic mass is 16.5.